The van der Waals surface area contributed by atoms with E-state index < -0.39 is 0 Å². The molecule has 1 aromatic rings. The van der Waals surface area contributed by atoms with Gasteiger partial charge in [0.25, 0.3) is 0 Å². The molecule has 0 radical (unpaired) electrons. The Morgan fingerprint density at radius 1 is 1.44 bits per heavy atom. The molecule has 0 aliphatic rings. The van der Waals surface area contributed by atoms with Gasteiger partial charge in [0.05, 0.1) is 6.10 Å². The smallest absolute Gasteiger partial charge is 0.169 e. The van der Waals surface area contributed by atoms with Gasteiger partial charge in [0.2, 0.25) is 0 Å². The van der Waals surface area contributed by atoms with Gasteiger partial charge in [-0.25, -0.2) is 0 Å². The van der Waals surface area contributed by atoms with Crippen molar-refractivity contribution < 1.29 is 5.11 Å². The molecule has 0 aromatic heterocycles. The number of thiocarbonyl (C=S) groups is 1. The lowest BCUT2D eigenvalue weighted by atomic mass is 10.2. The number of rotatable bonds is 4. The predicted octanol–water partition coefficient (Wildman–Crippen LogP) is 1.37. The molecule has 0 fully saturated rings. The van der Waals surface area contributed by atoms with E-state index in [1.165, 1.54) is 5.56 Å². The minimum Gasteiger partial charge on any atom is -0.392 e. The number of likely N-dealkylation sites (N-methyl/N-ethyl adjacent to an activating group) is 1. The molecular weight excluding hydrogens is 220 g/mol. The van der Waals surface area contributed by atoms with Crippen molar-refractivity contribution >= 4 is 17.3 Å². The van der Waals surface area contributed by atoms with Crippen molar-refractivity contribution in [1.29, 1.82) is 0 Å². The van der Waals surface area contributed by atoms with Gasteiger partial charge in [-0.1, -0.05) is 30.3 Å². The second-order valence-electron chi connectivity index (χ2n) is 3.87. The fraction of sp³-hybridized carbons (Fsp3) is 0.417. The maximum Gasteiger partial charge on any atom is 0.169 e. The van der Waals surface area contributed by atoms with E-state index >= 15 is 0 Å². The van der Waals surface area contributed by atoms with E-state index in [2.05, 4.69) is 5.32 Å². The molecule has 16 heavy (non-hydrogen) atoms. The van der Waals surface area contributed by atoms with Gasteiger partial charge >= 0.3 is 0 Å². The maximum absolute atomic E-state index is 9.23. The van der Waals surface area contributed by atoms with Crippen LogP contribution in [-0.2, 0) is 6.54 Å². The van der Waals surface area contributed by atoms with Crippen LogP contribution in [0.5, 0.6) is 0 Å². The normalized spacial score (nSPS) is 11.9. The standard InChI is InChI=1S/C12H18N2OS/c1-10(15)9-14(2)12(16)13-8-11-6-4-3-5-7-11/h3-7,10,15H,8-9H2,1-2H3,(H,13,16)/t10-/m1/s1. The van der Waals surface area contributed by atoms with Gasteiger partial charge in [-0.3, -0.25) is 0 Å². The number of aliphatic hydroxyl groups is 1. The van der Waals surface area contributed by atoms with Crippen molar-refractivity contribution in [2.75, 3.05) is 13.6 Å². The summed E-state index contributed by atoms with van der Waals surface area (Å²) >= 11 is 5.20. The molecule has 0 spiro atoms. The molecule has 1 aromatic carbocycles. The summed E-state index contributed by atoms with van der Waals surface area (Å²) in [5, 5.41) is 13.0. The van der Waals surface area contributed by atoms with Gasteiger partial charge in [0, 0.05) is 20.1 Å². The van der Waals surface area contributed by atoms with E-state index in [1.807, 2.05) is 42.3 Å². The first-order chi connectivity index (χ1) is 7.59. The average molecular weight is 238 g/mol. The summed E-state index contributed by atoms with van der Waals surface area (Å²) < 4.78 is 0. The van der Waals surface area contributed by atoms with Crippen LogP contribution in [0.25, 0.3) is 0 Å². The van der Waals surface area contributed by atoms with Gasteiger partial charge in [0.15, 0.2) is 5.11 Å². The van der Waals surface area contributed by atoms with Gasteiger partial charge in [0.1, 0.15) is 0 Å². The highest BCUT2D eigenvalue weighted by Gasteiger charge is 2.06. The largest absolute Gasteiger partial charge is 0.392 e. The molecule has 4 heteroatoms. The fourth-order valence-electron chi connectivity index (χ4n) is 1.39. The predicted molar refractivity (Wildman–Crippen MR) is 70.2 cm³/mol. The Morgan fingerprint density at radius 2 is 2.06 bits per heavy atom. The van der Waals surface area contributed by atoms with Crippen molar-refractivity contribution in [1.82, 2.24) is 10.2 Å². The summed E-state index contributed by atoms with van der Waals surface area (Å²) in [5.74, 6) is 0. The minimum absolute atomic E-state index is 0.374. The monoisotopic (exact) mass is 238 g/mol. The summed E-state index contributed by atoms with van der Waals surface area (Å²) in [6.45, 7) is 3.00. The number of nitrogens with zero attached hydrogens (tertiary/aromatic N) is 1. The molecule has 0 heterocycles. The zero-order valence-electron chi connectivity index (χ0n) is 9.68. The quantitative estimate of drug-likeness (QED) is 0.777. The van der Waals surface area contributed by atoms with Crippen molar-refractivity contribution in [2.45, 2.75) is 19.6 Å². The Morgan fingerprint density at radius 3 is 2.62 bits per heavy atom. The first-order valence-corrected chi connectivity index (χ1v) is 5.71. The fourth-order valence-corrected chi connectivity index (χ4v) is 1.53. The highest BCUT2D eigenvalue weighted by molar-refractivity contribution is 7.80. The molecule has 0 saturated carbocycles. The number of benzene rings is 1. The Labute approximate surface area is 102 Å². The van der Waals surface area contributed by atoms with Crippen LogP contribution < -0.4 is 5.32 Å². The zero-order chi connectivity index (χ0) is 12.0. The van der Waals surface area contributed by atoms with Crippen LogP contribution in [0.1, 0.15) is 12.5 Å². The Hall–Kier alpha value is -1.13. The second-order valence-corrected chi connectivity index (χ2v) is 4.26. The maximum atomic E-state index is 9.23. The van der Waals surface area contributed by atoms with E-state index in [0.29, 0.717) is 18.2 Å². The number of hydrogen-bond acceptors (Lipinski definition) is 2. The molecule has 1 rings (SSSR count). The molecule has 1 atom stereocenters. The van der Waals surface area contributed by atoms with Crippen LogP contribution in [0, 0.1) is 0 Å². The number of hydrogen-bond donors (Lipinski definition) is 2. The molecule has 3 nitrogen and oxygen atoms in total. The topological polar surface area (TPSA) is 35.5 Å². The van der Waals surface area contributed by atoms with Crippen LogP contribution in [0.4, 0.5) is 0 Å². The third kappa shape index (κ3) is 4.59. The molecule has 0 saturated heterocycles. The minimum atomic E-state index is -0.374. The van der Waals surface area contributed by atoms with Crippen LogP contribution >= 0.6 is 12.2 Å². The van der Waals surface area contributed by atoms with Crippen molar-refractivity contribution in [2.24, 2.45) is 0 Å². The average Bonchev–Trinajstić information content (AvgIpc) is 2.26. The van der Waals surface area contributed by atoms with Crippen LogP contribution in [-0.4, -0.2) is 34.8 Å². The Bertz CT molecular complexity index is 327. The summed E-state index contributed by atoms with van der Waals surface area (Å²) in [6, 6.07) is 10.1. The summed E-state index contributed by atoms with van der Waals surface area (Å²) in [7, 11) is 1.87. The van der Waals surface area contributed by atoms with Crippen molar-refractivity contribution in [3.8, 4) is 0 Å². The van der Waals surface area contributed by atoms with Crippen LogP contribution in [0.2, 0.25) is 0 Å². The molecule has 0 aliphatic carbocycles. The summed E-state index contributed by atoms with van der Waals surface area (Å²) in [6.07, 6.45) is -0.374. The number of aliphatic hydroxyl groups excluding tert-OH is 1. The van der Waals surface area contributed by atoms with E-state index in [0.717, 1.165) is 0 Å². The SMILES string of the molecule is C[C@@H](O)CN(C)C(=S)NCc1ccccc1. The highest BCUT2D eigenvalue weighted by atomic mass is 32.1. The lowest BCUT2D eigenvalue weighted by molar-refractivity contribution is 0.167. The van der Waals surface area contributed by atoms with Gasteiger partial charge < -0.3 is 15.3 Å². The van der Waals surface area contributed by atoms with Gasteiger partial charge in [-0.2, -0.15) is 0 Å². The molecular formula is C12H18N2OS. The van der Waals surface area contributed by atoms with E-state index in [9.17, 15) is 5.11 Å². The summed E-state index contributed by atoms with van der Waals surface area (Å²) in [5.41, 5.74) is 1.19. The number of nitrogens with one attached hydrogen (secondary N) is 1. The van der Waals surface area contributed by atoms with E-state index in [4.69, 9.17) is 12.2 Å². The first kappa shape index (κ1) is 12.9. The van der Waals surface area contributed by atoms with Crippen molar-refractivity contribution in [3.63, 3.8) is 0 Å². The first-order valence-electron chi connectivity index (χ1n) is 5.30. The van der Waals surface area contributed by atoms with Gasteiger partial charge in [-0.05, 0) is 24.7 Å². The molecule has 0 bridgehead atoms. The van der Waals surface area contributed by atoms with E-state index in [1.54, 1.807) is 6.92 Å². The Kier molecular flexibility index (Phi) is 5.22. The zero-order valence-corrected chi connectivity index (χ0v) is 10.5. The molecule has 0 aliphatic heterocycles. The molecule has 0 unspecified atom stereocenters. The Balaban J connectivity index is 2.35. The third-order valence-electron chi connectivity index (χ3n) is 2.17. The lowest BCUT2D eigenvalue weighted by Gasteiger charge is -2.22. The second kappa shape index (κ2) is 6.45. The highest BCUT2D eigenvalue weighted by Crippen LogP contribution is 1.98. The lowest BCUT2D eigenvalue weighted by Crippen LogP contribution is -2.40. The molecule has 0 amide bonds. The van der Waals surface area contributed by atoms with Crippen LogP contribution in [0.15, 0.2) is 30.3 Å². The molecule has 2 N–H and O–H groups in total. The molecule has 88 valence electrons. The third-order valence-corrected chi connectivity index (χ3v) is 2.63. The van der Waals surface area contributed by atoms with Crippen LogP contribution in [0.3, 0.4) is 0 Å². The van der Waals surface area contributed by atoms with Crippen molar-refractivity contribution in [3.05, 3.63) is 35.9 Å². The van der Waals surface area contributed by atoms with E-state index in [-0.39, 0.29) is 6.10 Å². The van der Waals surface area contributed by atoms with Gasteiger partial charge in [-0.15, -0.1) is 0 Å². The summed E-state index contributed by atoms with van der Waals surface area (Å²) in [4.78, 5) is 1.84.